The fourth-order valence-electron chi connectivity index (χ4n) is 9.22. The lowest BCUT2D eigenvalue weighted by atomic mass is 9.66. The lowest BCUT2D eigenvalue weighted by Gasteiger charge is -2.38. The summed E-state index contributed by atoms with van der Waals surface area (Å²) < 4.78 is 0. The van der Waals surface area contributed by atoms with E-state index in [2.05, 4.69) is 127 Å². The molecule has 1 aliphatic heterocycles. The maximum absolute atomic E-state index is 14.0. The number of hydrogen-bond donors (Lipinski definition) is 5. The minimum Gasteiger partial charge on any atom is -0.478 e. The fraction of sp³-hybridized carbons (Fsp3) is 0.327. The molecule has 0 radical (unpaired) electrons. The van der Waals surface area contributed by atoms with Gasteiger partial charge in [0.25, 0.3) is 0 Å². The highest BCUT2D eigenvalue weighted by Crippen LogP contribution is 2.47. The van der Waals surface area contributed by atoms with Crippen LogP contribution in [0.25, 0.3) is 43.1 Å². The molecule has 0 amide bonds. The van der Waals surface area contributed by atoms with Gasteiger partial charge in [0.1, 0.15) is 45.2 Å². The molecule has 4 aromatic carbocycles. The zero-order chi connectivity index (χ0) is 42.1. The average molecular weight is 785 g/mol. The molecule has 0 saturated heterocycles. The van der Waals surface area contributed by atoms with Gasteiger partial charge in [-0.3, -0.25) is 0 Å². The first-order valence-corrected chi connectivity index (χ1v) is 20.4. The lowest BCUT2D eigenvalue weighted by Crippen LogP contribution is -2.32. The number of fused-ring (bicyclic) bond motifs is 20. The number of nitrogens with one attached hydrogen (secondary N) is 4. The predicted octanol–water partition coefficient (Wildman–Crippen LogP) is 10.6. The van der Waals surface area contributed by atoms with Gasteiger partial charge in [-0.15, -0.1) is 0 Å². The van der Waals surface area contributed by atoms with Crippen molar-refractivity contribution < 1.29 is 9.90 Å². The molecule has 0 unspecified atom stereocenters. The summed E-state index contributed by atoms with van der Waals surface area (Å²) >= 11 is 0. The maximum Gasteiger partial charge on any atom is 0.336 e. The van der Waals surface area contributed by atoms with Crippen LogP contribution in [0.2, 0.25) is 0 Å². The van der Waals surface area contributed by atoms with Crippen molar-refractivity contribution in [2.45, 2.75) is 105 Å². The van der Waals surface area contributed by atoms with E-state index in [4.69, 9.17) is 20.0 Å². The molecule has 10 heteroatoms. The van der Waals surface area contributed by atoms with Gasteiger partial charge in [-0.2, -0.15) is 0 Å². The van der Waals surface area contributed by atoms with Gasteiger partial charge < -0.3 is 25.0 Å². The van der Waals surface area contributed by atoms with Crippen LogP contribution in [0.15, 0.2) is 86.7 Å². The third kappa shape index (κ3) is 6.02. The van der Waals surface area contributed by atoms with Gasteiger partial charge in [-0.1, -0.05) is 150 Å². The molecule has 0 spiro atoms. The average Bonchev–Trinajstić information content (AvgIpc) is 3.88. The van der Waals surface area contributed by atoms with Crippen molar-refractivity contribution in [1.82, 2.24) is 19.9 Å². The second kappa shape index (κ2) is 12.6. The van der Waals surface area contributed by atoms with Crippen molar-refractivity contribution in [2.24, 2.45) is 20.0 Å². The second-order valence-corrected chi connectivity index (χ2v) is 20.1. The number of hydrogen-bond acceptors (Lipinski definition) is 5. The van der Waals surface area contributed by atoms with Gasteiger partial charge in [-0.25, -0.2) is 24.8 Å². The van der Waals surface area contributed by atoms with E-state index in [9.17, 15) is 9.90 Å². The van der Waals surface area contributed by atoms with E-state index in [1.165, 1.54) is 0 Å². The Balaban J connectivity index is 1.62. The summed E-state index contributed by atoms with van der Waals surface area (Å²) in [6.45, 7) is 26.0. The molecule has 5 N–H and O–H groups in total. The van der Waals surface area contributed by atoms with Crippen molar-refractivity contribution in [3.63, 3.8) is 0 Å². The minimum atomic E-state index is -1.01. The van der Waals surface area contributed by atoms with E-state index < -0.39 is 22.2 Å². The van der Waals surface area contributed by atoms with Crippen LogP contribution in [-0.4, -0.2) is 31.0 Å². The van der Waals surface area contributed by atoms with E-state index in [0.717, 1.165) is 60.0 Å². The standard InChI is InChI=1S/C49H52N8O2/c1-46(2,3)29-23-17-22-28-30(29)42-55-41(28)53-39-25-19-14-13-18-24(25)37(51-39)50-38-26-20-15-16-21-27(26)40(52-38)54-43-31-32(44(56-42)57-43)34(47(4,5)6)36(49(10,11)12)35(48(7,8)9)33(31)45(58)59/h13-23H,1-12H3,(H,58,59)(H4,50,51,52,53,54,55,56,57). The second-order valence-electron chi connectivity index (χ2n) is 20.1. The molecule has 5 heterocycles. The molecule has 8 aromatic rings. The Morgan fingerprint density at radius 2 is 0.847 bits per heavy atom. The Morgan fingerprint density at radius 1 is 0.424 bits per heavy atom. The Morgan fingerprint density at radius 3 is 1.36 bits per heavy atom. The molecule has 9 rings (SSSR count). The number of rotatable bonds is 1. The molecule has 0 atom stereocenters. The summed E-state index contributed by atoms with van der Waals surface area (Å²) in [5.41, 5.74) is 4.78. The van der Waals surface area contributed by atoms with Crippen molar-refractivity contribution in [1.29, 1.82) is 0 Å². The number of aromatic nitrogens is 4. The number of aromatic amines is 4. The normalized spacial score (nSPS) is 13.8. The van der Waals surface area contributed by atoms with Crippen molar-refractivity contribution in [2.75, 3.05) is 0 Å². The summed E-state index contributed by atoms with van der Waals surface area (Å²) in [5, 5.41) is 18.2. The quantitative estimate of drug-likeness (QED) is 0.113. The highest BCUT2D eigenvalue weighted by Gasteiger charge is 2.39. The molecular weight excluding hydrogens is 733 g/mol. The molecule has 300 valence electrons. The lowest BCUT2D eigenvalue weighted by molar-refractivity contribution is 0.0696. The van der Waals surface area contributed by atoms with E-state index in [-0.39, 0.29) is 11.0 Å². The predicted molar refractivity (Wildman–Crippen MR) is 238 cm³/mol. The van der Waals surface area contributed by atoms with Crippen LogP contribution >= 0.6 is 0 Å². The SMILES string of the molecule is CC(C)(C)c1c(C(C)(C)C)c(C(C)(C)C)c2c3[nH]c(c2c1C(=O)O)=Nc1[nH]c(c2ccccc12)N=c1[nH]c(c2ccccc12)=Nc1[nH]c(c2c(C(C)(C)C)cccc12)N=3. The van der Waals surface area contributed by atoms with Gasteiger partial charge >= 0.3 is 5.97 Å². The van der Waals surface area contributed by atoms with Crippen LogP contribution in [0, 0.1) is 0 Å². The number of H-pyrrole nitrogens is 4. The Hall–Kier alpha value is -6.29. The Bertz CT molecular complexity index is 3340. The smallest absolute Gasteiger partial charge is 0.336 e. The highest BCUT2D eigenvalue weighted by molar-refractivity contribution is 6.08. The topological polar surface area (TPSA) is 150 Å². The van der Waals surface area contributed by atoms with Crippen molar-refractivity contribution in [3.8, 4) is 0 Å². The van der Waals surface area contributed by atoms with Gasteiger partial charge in [0, 0.05) is 43.1 Å². The first-order chi connectivity index (χ1) is 27.6. The number of carboxylic acids is 1. The summed E-state index contributed by atoms with van der Waals surface area (Å²) in [4.78, 5) is 49.8. The Labute approximate surface area is 342 Å². The number of aromatic carboxylic acids is 1. The maximum atomic E-state index is 14.0. The van der Waals surface area contributed by atoms with Crippen LogP contribution in [0.3, 0.4) is 0 Å². The minimum absolute atomic E-state index is 0.230. The summed E-state index contributed by atoms with van der Waals surface area (Å²) in [6.07, 6.45) is 0. The monoisotopic (exact) mass is 784 g/mol. The largest absolute Gasteiger partial charge is 0.478 e. The molecule has 10 nitrogen and oxygen atoms in total. The molecule has 1 aliphatic rings. The summed E-state index contributed by atoms with van der Waals surface area (Å²) in [6, 6.07) is 22.4. The summed E-state index contributed by atoms with van der Waals surface area (Å²) in [7, 11) is 0. The van der Waals surface area contributed by atoms with Crippen LogP contribution in [0.1, 0.15) is 116 Å². The number of carboxylic acid groups (broad SMARTS) is 1. The zero-order valence-corrected chi connectivity index (χ0v) is 36.0. The molecule has 59 heavy (non-hydrogen) atoms. The molecule has 4 aromatic heterocycles. The van der Waals surface area contributed by atoms with E-state index in [1.807, 2.05) is 42.5 Å². The fourth-order valence-corrected chi connectivity index (χ4v) is 9.22. The van der Waals surface area contributed by atoms with Crippen LogP contribution in [0.5, 0.6) is 0 Å². The molecule has 8 bridgehead atoms. The molecule has 0 aliphatic carbocycles. The van der Waals surface area contributed by atoms with Gasteiger partial charge in [0.2, 0.25) is 0 Å². The van der Waals surface area contributed by atoms with Gasteiger partial charge in [0.15, 0.2) is 0 Å². The third-order valence-electron chi connectivity index (χ3n) is 11.5. The third-order valence-corrected chi connectivity index (χ3v) is 11.5. The van der Waals surface area contributed by atoms with Crippen LogP contribution < -0.4 is 22.0 Å². The van der Waals surface area contributed by atoms with E-state index >= 15 is 0 Å². The van der Waals surface area contributed by atoms with Crippen molar-refractivity contribution >= 4 is 72.3 Å². The van der Waals surface area contributed by atoms with Crippen molar-refractivity contribution in [3.05, 3.63) is 116 Å². The van der Waals surface area contributed by atoms with E-state index in [1.54, 1.807) is 0 Å². The van der Waals surface area contributed by atoms with Crippen LogP contribution in [-0.2, 0) is 21.7 Å². The highest BCUT2D eigenvalue weighted by atomic mass is 16.4. The number of benzene rings is 4. The Kier molecular flexibility index (Phi) is 8.17. The number of carbonyl (C=O) groups is 1. The summed E-state index contributed by atoms with van der Waals surface area (Å²) in [5.74, 6) is 1.43. The van der Waals surface area contributed by atoms with E-state index in [0.29, 0.717) is 50.6 Å². The molecular formula is C49H52N8O2. The zero-order valence-electron chi connectivity index (χ0n) is 36.0. The first kappa shape index (κ1) is 38.2. The molecule has 0 saturated carbocycles. The van der Waals surface area contributed by atoms with Gasteiger partial charge in [-0.05, 0) is 43.9 Å². The number of nitrogens with zero attached hydrogens (tertiary/aromatic N) is 4. The van der Waals surface area contributed by atoms with Crippen LogP contribution in [0.4, 0.5) is 23.3 Å². The molecule has 0 fully saturated rings. The van der Waals surface area contributed by atoms with Gasteiger partial charge in [0.05, 0.1) is 5.56 Å². The first-order valence-electron chi connectivity index (χ1n) is 20.4.